The summed E-state index contributed by atoms with van der Waals surface area (Å²) in [5, 5.41) is 34.7. The predicted octanol–water partition coefficient (Wildman–Crippen LogP) is 5.10. The number of carbonyl (C=O) groups is 3. The molecule has 4 rings (SSSR count). The largest absolute Gasteiger partial charge is 0.466 e. The molecule has 1 unspecified atom stereocenters. The van der Waals surface area contributed by atoms with Crippen LogP contribution < -0.4 is 0 Å². The molecule has 0 spiro atoms. The Morgan fingerprint density at radius 3 is 2.42 bits per heavy atom. The van der Waals surface area contributed by atoms with Crippen LogP contribution in [0.4, 0.5) is 0 Å². The van der Waals surface area contributed by atoms with Crippen molar-refractivity contribution in [3.05, 3.63) is 23.8 Å². The molecule has 0 aromatic heterocycles. The van der Waals surface area contributed by atoms with E-state index >= 15 is 0 Å². The molecule has 0 radical (unpaired) electrons. The molecule has 4 heterocycles. The Balaban J connectivity index is 1.72. The van der Waals surface area contributed by atoms with Gasteiger partial charge in [0.1, 0.15) is 6.10 Å². The van der Waals surface area contributed by atoms with E-state index in [1.54, 1.807) is 32.9 Å². The van der Waals surface area contributed by atoms with Gasteiger partial charge in [0.05, 0.1) is 56.8 Å². The molecular weight excluding hydrogens is 688 g/mol. The minimum Gasteiger partial charge on any atom is -0.466 e. The maximum atomic E-state index is 13.4. The minimum absolute atomic E-state index is 0.00449. The SMILES string of the molecule is CCCCCCCC(=O)O[C@H]1/C(=C/C(=O)OC)CC2C[C@H]([C@H](O)CC)OC(=O)C[C@H](O)C[C@@H]3CCC[C@H](C[C@H]4CCO[C@H](/C=C/C(C)(C)[C@]1(O)O2)O4)O3. The number of carbonyl (C=O) groups excluding carboxylic acids is 3. The highest BCUT2D eigenvalue weighted by Gasteiger charge is 2.57. The Morgan fingerprint density at radius 1 is 0.981 bits per heavy atom. The number of methoxy groups -OCH3 is 1. The van der Waals surface area contributed by atoms with E-state index < -0.39 is 65.9 Å². The molecule has 3 fully saturated rings. The number of unbranched alkanes of at least 4 members (excludes halogenated alkanes) is 4. The van der Waals surface area contributed by atoms with E-state index in [1.807, 2.05) is 0 Å². The Bertz CT molecular complexity index is 1250. The number of aliphatic hydroxyl groups excluding tert-OH is 2. The third-order valence-electron chi connectivity index (χ3n) is 10.9. The third-order valence-corrected chi connectivity index (χ3v) is 10.9. The normalized spacial score (nSPS) is 36.1. The van der Waals surface area contributed by atoms with Gasteiger partial charge in [-0.15, -0.1) is 0 Å². The van der Waals surface area contributed by atoms with Crippen molar-refractivity contribution in [2.24, 2.45) is 5.41 Å². The van der Waals surface area contributed by atoms with Crippen molar-refractivity contribution in [2.45, 2.75) is 191 Å². The average molecular weight is 753 g/mol. The second kappa shape index (κ2) is 20.5. The van der Waals surface area contributed by atoms with Gasteiger partial charge in [-0.1, -0.05) is 59.5 Å². The zero-order valence-corrected chi connectivity index (χ0v) is 32.4. The zero-order valence-electron chi connectivity index (χ0n) is 32.4. The predicted molar refractivity (Wildman–Crippen MR) is 193 cm³/mol. The zero-order chi connectivity index (χ0) is 38.6. The molecule has 4 aliphatic heterocycles. The molecule has 4 aliphatic rings. The minimum atomic E-state index is -2.26. The number of esters is 3. The van der Waals surface area contributed by atoms with Crippen molar-refractivity contribution < 1.29 is 62.9 Å². The molecule has 53 heavy (non-hydrogen) atoms. The number of aliphatic hydroxyl groups is 3. The molecule has 10 atom stereocenters. The monoisotopic (exact) mass is 752 g/mol. The molecule has 0 amide bonds. The van der Waals surface area contributed by atoms with Gasteiger partial charge in [0, 0.05) is 30.8 Å². The summed E-state index contributed by atoms with van der Waals surface area (Å²) in [6.45, 7) is 7.74. The maximum Gasteiger partial charge on any atom is 0.330 e. The summed E-state index contributed by atoms with van der Waals surface area (Å²) in [7, 11) is 1.23. The smallest absolute Gasteiger partial charge is 0.330 e. The van der Waals surface area contributed by atoms with Gasteiger partial charge in [0.2, 0.25) is 5.79 Å². The first-order chi connectivity index (χ1) is 25.3. The summed E-state index contributed by atoms with van der Waals surface area (Å²) in [4.78, 5) is 39.3. The summed E-state index contributed by atoms with van der Waals surface area (Å²) >= 11 is 0. The van der Waals surface area contributed by atoms with Gasteiger partial charge < -0.3 is 48.5 Å². The molecule has 3 N–H and O–H groups in total. The lowest BCUT2D eigenvalue weighted by atomic mass is 9.74. The van der Waals surface area contributed by atoms with Crippen LogP contribution in [0.25, 0.3) is 0 Å². The van der Waals surface area contributed by atoms with Crippen molar-refractivity contribution in [3.63, 3.8) is 0 Å². The van der Waals surface area contributed by atoms with Crippen molar-refractivity contribution in [3.8, 4) is 0 Å². The topological polar surface area (TPSA) is 177 Å². The van der Waals surface area contributed by atoms with Gasteiger partial charge in [-0.3, -0.25) is 9.59 Å². The van der Waals surface area contributed by atoms with Crippen molar-refractivity contribution in [2.75, 3.05) is 13.7 Å². The summed E-state index contributed by atoms with van der Waals surface area (Å²) < 4.78 is 41.9. The van der Waals surface area contributed by atoms with Crippen LogP contribution in [0.5, 0.6) is 0 Å². The highest BCUT2D eigenvalue weighted by Crippen LogP contribution is 2.47. The summed E-state index contributed by atoms with van der Waals surface area (Å²) in [5.41, 5.74) is -1.05. The quantitative estimate of drug-likeness (QED) is 0.0884. The van der Waals surface area contributed by atoms with E-state index in [0.717, 1.165) is 44.9 Å². The Labute approximate surface area is 314 Å². The first kappa shape index (κ1) is 43.3. The Hall–Kier alpha value is -2.39. The molecule has 302 valence electrons. The third kappa shape index (κ3) is 12.6. The maximum absolute atomic E-state index is 13.4. The molecule has 0 aromatic carbocycles. The van der Waals surface area contributed by atoms with Crippen molar-refractivity contribution in [1.82, 2.24) is 0 Å². The lowest BCUT2D eigenvalue weighted by Gasteiger charge is -2.51. The van der Waals surface area contributed by atoms with Crippen LogP contribution in [-0.4, -0.2) is 108 Å². The highest BCUT2D eigenvalue weighted by molar-refractivity contribution is 5.83. The Kier molecular flexibility index (Phi) is 16.8. The number of hydrogen-bond donors (Lipinski definition) is 3. The number of rotatable bonds is 10. The molecule has 3 saturated heterocycles. The number of ether oxygens (including phenoxy) is 7. The van der Waals surface area contributed by atoms with Gasteiger partial charge in [-0.2, -0.15) is 0 Å². The second-order valence-electron chi connectivity index (χ2n) is 15.7. The van der Waals surface area contributed by atoms with E-state index in [-0.39, 0.29) is 62.4 Å². The first-order valence-electron chi connectivity index (χ1n) is 19.8. The second-order valence-corrected chi connectivity index (χ2v) is 15.7. The molecule has 0 saturated carbocycles. The molecule has 0 aromatic rings. The highest BCUT2D eigenvalue weighted by atomic mass is 16.7. The van der Waals surface area contributed by atoms with E-state index in [9.17, 15) is 29.7 Å². The molecule has 0 aliphatic carbocycles. The van der Waals surface area contributed by atoms with Gasteiger partial charge in [-0.05, 0) is 63.0 Å². The summed E-state index contributed by atoms with van der Waals surface area (Å²) in [6.07, 6.45) is 6.59. The molecular formula is C40H64O13. The molecule has 13 heteroatoms. The van der Waals surface area contributed by atoms with Crippen LogP contribution in [0.3, 0.4) is 0 Å². The lowest BCUT2D eigenvalue weighted by molar-refractivity contribution is -0.327. The van der Waals surface area contributed by atoms with Gasteiger partial charge in [0.15, 0.2) is 12.4 Å². The summed E-state index contributed by atoms with van der Waals surface area (Å²) in [5.74, 6) is -4.22. The van der Waals surface area contributed by atoms with Crippen LogP contribution >= 0.6 is 0 Å². The molecule has 6 bridgehead atoms. The molecule has 13 nitrogen and oxygen atoms in total. The average Bonchev–Trinajstić information content (AvgIpc) is 3.11. The Morgan fingerprint density at radius 2 is 1.70 bits per heavy atom. The first-order valence-corrected chi connectivity index (χ1v) is 19.8. The fourth-order valence-corrected chi connectivity index (χ4v) is 7.71. The number of hydrogen-bond acceptors (Lipinski definition) is 13. The van der Waals surface area contributed by atoms with Crippen molar-refractivity contribution in [1.29, 1.82) is 0 Å². The lowest BCUT2D eigenvalue weighted by Crippen LogP contribution is -2.62. The van der Waals surface area contributed by atoms with Crippen molar-refractivity contribution >= 4 is 17.9 Å². The van der Waals surface area contributed by atoms with Crippen LogP contribution in [0.15, 0.2) is 23.8 Å². The fourth-order valence-electron chi connectivity index (χ4n) is 7.71. The fraction of sp³-hybridized carbons (Fsp3) is 0.825. The van der Waals surface area contributed by atoms with Crippen LogP contribution in [0.2, 0.25) is 0 Å². The number of fused-ring (bicyclic) bond motifs is 6. The van der Waals surface area contributed by atoms with E-state index in [0.29, 0.717) is 25.9 Å². The van der Waals surface area contributed by atoms with Crippen LogP contribution in [0.1, 0.15) is 130 Å². The van der Waals surface area contributed by atoms with E-state index in [2.05, 4.69) is 6.92 Å². The summed E-state index contributed by atoms with van der Waals surface area (Å²) in [6, 6.07) is 0. The van der Waals surface area contributed by atoms with Gasteiger partial charge in [0.25, 0.3) is 0 Å². The van der Waals surface area contributed by atoms with E-state index in [1.165, 1.54) is 13.2 Å². The van der Waals surface area contributed by atoms with Crippen LogP contribution in [-0.2, 0) is 47.5 Å². The van der Waals surface area contributed by atoms with Gasteiger partial charge in [-0.25, -0.2) is 4.79 Å². The number of cyclic esters (lactones) is 1. The standard InChI is InChI=1S/C40H64O13/c1-6-8-9-10-11-15-34(43)52-38-26(21-35(44)47-5)20-31-25-33(32(42)7-2)51-36(45)23-27(41)22-28-13-12-14-29(49-28)24-30-17-19-48-37(50-30)16-18-39(3,4)40(38,46)53-31/h16,18,21,27-33,37-38,41-42,46H,6-15,17,19-20,22-25H2,1-5H3/b18-16+,26-21+/t27-,28+,29-,30-,31?,32-,33-,37+,38+,40-/m1/s1. The van der Waals surface area contributed by atoms with Crippen LogP contribution in [0, 0.1) is 5.41 Å². The van der Waals surface area contributed by atoms with Gasteiger partial charge >= 0.3 is 17.9 Å². The van der Waals surface area contributed by atoms with E-state index in [4.69, 9.17) is 33.2 Å².